The van der Waals surface area contributed by atoms with Crippen molar-refractivity contribution in [1.29, 1.82) is 0 Å². The van der Waals surface area contributed by atoms with E-state index >= 15 is 0 Å². The van der Waals surface area contributed by atoms with Gasteiger partial charge in [0.1, 0.15) is 11.9 Å². The number of benzene rings is 3. The summed E-state index contributed by atoms with van der Waals surface area (Å²) in [6.07, 6.45) is -0.103. The van der Waals surface area contributed by atoms with Gasteiger partial charge in [0.05, 0.1) is 0 Å². The van der Waals surface area contributed by atoms with Gasteiger partial charge >= 0.3 is 0 Å². The number of amides is 1. The molecule has 1 aromatic heterocycles. The molecule has 5 heteroatoms. The first-order valence-electron chi connectivity index (χ1n) is 9.66. The average molecular weight is 382 g/mol. The molecule has 1 saturated heterocycles. The summed E-state index contributed by atoms with van der Waals surface area (Å²) < 4.78 is 0. The van der Waals surface area contributed by atoms with Gasteiger partial charge in [0.2, 0.25) is 0 Å². The number of carbonyl (C=O) groups excluding carboxylic acids is 1. The van der Waals surface area contributed by atoms with Crippen LogP contribution in [-0.2, 0) is 0 Å². The number of carbonyl (C=O) groups is 1. The van der Waals surface area contributed by atoms with Crippen LogP contribution < -0.4 is 10.3 Å². The molecule has 3 aromatic carbocycles. The molecule has 5 rings (SSSR count). The zero-order valence-electron chi connectivity index (χ0n) is 16.4. The van der Waals surface area contributed by atoms with E-state index in [1.165, 1.54) is 0 Å². The third-order valence-electron chi connectivity index (χ3n) is 5.38. The van der Waals surface area contributed by atoms with E-state index < -0.39 is 0 Å². The number of fused-ring (bicyclic) bond motifs is 1. The van der Waals surface area contributed by atoms with E-state index in [9.17, 15) is 4.79 Å². The van der Waals surface area contributed by atoms with Crippen LogP contribution in [0.15, 0.2) is 78.9 Å². The highest BCUT2D eigenvalue weighted by Crippen LogP contribution is 2.37. The fraction of sp³-hybridized carbons (Fsp3) is 0.125. The van der Waals surface area contributed by atoms with Gasteiger partial charge in [-0.3, -0.25) is 4.79 Å². The van der Waals surface area contributed by atoms with Crippen LogP contribution in [0.1, 0.15) is 22.2 Å². The second-order valence-electron chi connectivity index (χ2n) is 7.48. The minimum Gasteiger partial charge on any atom is -0.378 e. The number of H-pyrrole nitrogens is 1. The molecule has 0 aliphatic carbocycles. The van der Waals surface area contributed by atoms with Gasteiger partial charge < -0.3 is 9.88 Å². The Morgan fingerprint density at radius 2 is 1.59 bits per heavy atom. The van der Waals surface area contributed by atoms with Crippen LogP contribution in [0.25, 0.3) is 22.0 Å². The Bertz CT molecular complexity index is 1180. The Labute approximate surface area is 169 Å². The molecule has 29 heavy (non-hydrogen) atoms. The van der Waals surface area contributed by atoms with E-state index in [4.69, 9.17) is 0 Å². The van der Waals surface area contributed by atoms with E-state index in [-0.39, 0.29) is 12.1 Å². The monoisotopic (exact) mass is 382 g/mol. The summed E-state index contributed by atoms with van der Waals surface area (Å²) >= 11 is 0. The number of nitrogens with one attached hydrogen (secondary N) is 2. The van der Waals surface area contributed by atoms with Crippen molar-refractivity contribution in [2.75, 3.05) is 19.0 Å². The van der Waals surface area contributed by atoms with Crippen LogP contribution in [0, 0.1) is 0 Å². The predicted molar refractivity (Wildman–Crippen MR) is 117 cm³/mol. The molecule has 0 spiro atoms. The van der Waals surface area contributed by atoms with Crippen LogP contribution in [0.5, 0.6) is 0 Å². The smallest absolute Gasteiger partial charge is 0.286 e. The number of rotatable bonds is 4. The van der Waals surface area contributed by atoms with Crippen molar-refractivity contribution in [2.45, 2.75) is 6.17 Å². The Morgan fingerprint density at radius 1 is 0.897 bits per heavy atom. The molecule has 1 aliphatic rings. The highest BCUT2D eigenvalue weighted by atomic mass is 16.2. The second kappa shape index (κ2) is 6.79. The number of nitrogens with zero attached hydrogens (tertiary/aromatic N) is 2. The summed E-state index contributed by atoms with van der Waals surface area (Å²) in [5, 5.41) is 2.73. The highest BCUT2D eigenvalue weighted by molar-refractivity contribution is 6.10. The molecular formula is C24H22N4O. The fourth-order valence-electron chi connectivity index (χ4n) is 3.78. The molecule has 1 unspecified atom stereocenters. The van der Waals surface area contributed by atoms with Crippen molar-refractivity contribution in [2.24, 2.45) is 0 Å². The number of aromatic nitrogens is 1. The maximum atomic E-state index is 13.4. The molecule has 1 fully saturated rings. The van der Waals surface area contributed by atoms with Gasteiger partial charge in [0.15, 0.2) is 0 Å². The van der Waals surface area contributed by atoms with E-state index in [2.05, 4.69) is 45.6 Å². The zero-order chi connectivity index (χ0) is 20.0. The van der Waals surface area contributed by atoms with Crippen LogP contribution in [0.2, 0.25) is 0 Å². The number of anilines is 1. The molecule has 0 bridgehead atoms. The molecule has 1 amide bonds. The molecule has 144 valence electrons. The lowest BCUT2D eigenvalue weighted by Crippen LogP contribution is -2.15. The number of aromatic amines is 1. The number of para-hydroxylation sites is 1. The third kappa shape index (κ3) is 3.05. The third-order valence-corrected chi connectivity index (χ3v) is 5.38. The van der Waals surface area contributed by atoms with E-state index in [1.54, 1.807) is 5.01 Å². The molecule has 2 heterocycles. The molecule has 1 atom stereocenters. The summed E-state index contributed by atoms with van der Waals surface area (Å²) in [5.74, 6) is -0.0539. The second-order valence-corrected chi connectivity index (χ2v) is 7.48. The van der Waals surface area contributed by atoms with Crippen molar-refractivity contribution in [1.82, 2.24) is 15.4 Å². The molecule has 0 radical (unpaired) electrons. The maximum Gasteiger partial charge on any atom is 0.286 e. The van der Waals surface area contributed by atoms with Gasteiger partial charge in [-0.1, -0.05) is 60.7 Å². The molecule has 4 aromatic rings. The van der Waals surface area contributed by atoms with Crippen LogP contribution >= 0.6 is 0 Å². The van der Waals surface area contributed by atoms with E-state index in [0.717, 1.165) is 33.3 Å². The summed E-state index contributed by atoms with van der Waals surface area (Å²) in [6, 6.07) is 26.3. The van der Waals surface area contributed by atoms with Crippen molar-refractivity contribution < 1.29 is 4.79 Å². The Balaban J connectivity index is 1.49. The van der Waals surface area contributed by atoms with Crippen LogP contribution in [0.4, 0.5) is 5.69 Å². The molecule has 1 aliphatic heterocycles. The van der Waals surface area contributed by atoms with Gasteiger partial charge in [-0.2, -0.15) is 0 Å². The van der Waals surface area contributed by atoms with Gasteiger partial charge in [0, 0.05) is 36.2 Å². The van der Waals surface area contributed by atoms with Gasteiger partial charge in [0.25, 0.3) is 5.91 Å². The number of hydrogen-bond donors (Lipinski definition) is 2. The minimum absolute atomic E-state index is 0.0539. The largest absolute Gasteiger partial charge is 0.378 e. The standard InChI is InChI=1S/C24H22N4O/c1-27(2)18-14-12-17(13-15-18)23-26-28(23)24(29)22-21(16-8-4-3-5-9-16)19-10-6-7-11-20(19)25-22/h3-15,23,25-26H,1-2H3. The van der Waals surface area contributed by atoms with Gasteiger partial charge in [-0.15, -0.1) is 0 Å². The van der Waals surface area contributed by atoms with E-state index in [0.29, 0.717) is 5.69 Å². The summed E-state index contributed by atoms with van der Waals surface area (Å²) in [5.41, 5.74) is 8.96. The van der Waals surface area contributed by atoms with Crippen molar-refractivity contribution >= 4 is 22.5 Å². The first-order valence-corrected chi connectivity index (χ1v) is 9.66. The Hall–Kier alpha value is -3.57. The zero-order valence-corrected chi connectivity index (χ0v) is 16.4. The Morgan fingerprint density at radius 3 is 2.31 bits per heavy atom. The van der Waals surface area contributed by atoms with Gasteiger partial charge in [-0.05, 0) is 29.3 Å². The Kier molecular flexibility index (Phi) is 4.11. The lowest BCUT2D eigenvalue weighted by Gasteiger charge is -2.12. The topological polar surface area (TPSA) is 61.0 Å². The molecular weight excluding hydrogens is 360 g/mol. The average Bonchev–Trinajstić information content (AvgIpc) is 3.46. The van der Waals surface area contributed by atoms with Crippen molar-refractivity contribution in [3.8, 4) is 11.1 Å². The quantitative estimate of drug-likeness (QED) is 0.509. The summed E-state index contributed by atoms with van der Waals surface area (Å²) in [7, 11) is 4.03. The fourth-order valence-corrected chi connectivity index (χ4v) is 3.78. The number of hydrazine groups is 1. The predicted octanol–water partition coefficient (Wildman–Crippen LogP) is 4.56. The summed E-state index contributed by atoms with van der Waals surface area (Å²) in [4.78, 5) is 18.8. The lowest BCUT2D eigenvalue weighted by atomic mass is 10.0. The maximum absolute atomic E-state index is 13.4. The van der Waals surface area contributed by atoms with Crippen molar-refractivity contribution in [3.63, 3.8) is 0 Å². The minimum atomic E-state index is -0.103. The van der Waals surface area contributed by atoms with E-state index in [1.807, 2.05) is 62.6 Å². The molecule has 2 N–H and O–H groups in total. The van der Waals surface area contributed by atoms with Crippen LogP contribution in [0.3, 0.4) is 0 Å². The highest BCUT2D eigenvalue weighted by Gasteiger charge is 2.41. The SMILES string of the molecule is CN(C)c1ccc(C2NN2C(=O)c2[nH]c3ccccc3c2-c2ccccc2)cc1. The molecule has 0 saturated carbocycles. The first kappa shape index (κ1) is 17.5. The van der Waals surface area contributed by atoms with Gasteiger partial charge in [-0.25, -0.2) is 10.4 Å². The van der Waals surface area contributed by atoms with Crippen LogP contribution in [-0.4, -0.2) is 30.0 Å². The lowest BCUT2D eigenvalue weighted by molar-refractivity contribution is 0.0858. The molecule has 5 nitrogen and oxygen atoms in total. The summed E-state index contributed by atoms with van der Waals surface area (Å²) in [6.45, 7) is 0. The normalized spacial score (nSPS) is 15.5. The number of hydrogen-bond acceptors (Lipinski definition) is 3. The van der Waals surface area contributed by atoms with Crippen molar-refractivity contribution in [3.05, 3.63) is 90.1 Å². The first-order chi connectivity index (χ1) is 14.1.